The second-order valence-corrected chi connectivity index (χ2v) is 7.31. The summed E-state index contributed by atoms with van der Waals surface area (Å²) in [5, 5.41) is 5.63. The van der Waals surface area contributed by atoms with Gasteiger partial charge < -0.3 is 4.90 Å². The smallest absolute Gasteiger partial charge is 0.168 e. The molecule has 1 atom stereocenters. The third kappa shape index (κ3) is 2.74. The lowest BCUT2D eigenvalue weighted by Gasteiger charge is -2.38. The van der Waals surface area contributed by atoms with Gasteiger partial charge in [0.1, 0.15) is 12.1 Å². The van der Waals surface area contributed by atoms with Gasteiger partial charge in [0.15, 0.2) is 5.65 Å². The third-order valence-corrected chi connectivity index (χ3v) is 5.70. The average molecular weight is 348 g/mol. The van der Waals surface area contributed by atoms with E-state index in [2.05, 4.69) is 37.0 Å². The summed E-state index contributed by atoms with van der Waals surface area (Å²) in [7, 11) is 0. The molecule has 0 amide bonds. The van der Waals surface area contributed by atoms with Crippen molar-refractivity contribution >= 4 is 16.9 Å². The minimum absolute atomic E-state index is 0.653. The first-order valence-corrected chi connectivity index (χ1v) is 9.63. The van der Waals surface area contributed by atoms with Gasteiger partial charge in [-0.15, -0.1) is 0 Å². The van der Waals surface area contributed by atoms with E-state index >= 15 is 0 Å². The molecule has 0 spiro atoms. The van der Waals surface area contributed by atoms with Gasteiger partial charge in [-0.05, 0) is 50.9 Å². The zero-order valence-corrected chi connectivity index (χ0v) is 15.0. The summed E-state index contributed by atoms with van der Waals surface area (Å²) >= 11 is 0. The topological polar surface area (TPSA) is 50.1 Å². The molecular weight excluding hydrogens is 324 g/mol. The largest absolute Gasteiger partial charge is 0.354 e. The molecule has 2 aliphatic heterocycles. The van der Waals surface area contributed by atoms with Crippen LogP contribution in [-0.2, 0) is 0 Å². The molecule has 0 unspecified atom stereocenters. The van der Waals surface area contributed by atoms with Crippen molar-refractivity contribution in [3.05, 3.63) is 42.9 Å². The Labute approximate surface area is 153 Å². The number of likely N-dealkylation sites (tertiary alicyclic amines) is 1. The SMILES string of the molecule is c1ccc(-n2ncc3c(N4CCC[C@@H](N5CCCC5)C4)ncnc32)cc1. The normalized spacial score (nSPS) is 21.5. The minimum atomic E-state index is 0.653. The maximum absolute atomic E-state index is 4.64. The van der Waals surface area contributed by atoms with Crippen molar-refractivity contribution in [3.8, 4) is 5.69 Å². The van der Waals surface area contributed by atoms with E-state index in [0.717, 1.165) is 35.6 Å². The Bertz CT molecular complexity index is 884. The average Bonchev–Trinajstić information content (AvgIpc) is 3.38. The molecule has 2 aromatic heterocycles. The van der Waals surface area contributed by atoms with Gasteiger partial charge in [0.05, 0.1) is 17.3 Å². The molecule has 0 aliphatic carbocycles. The van der Waals surface area contributed by atoms with Crippen molar-refractivity contribution in [2.45, 2.75) is 31.7 Å². The van der Waals surface area contributed by atoms with Gasteiger partial charge in [0, 0.05) is 19.1 Å². The second kappa shape index (κ2) is 6.68. The third-order valence-electron chi connectivity index (χ3n) is 5.70. The first kappa shape index (κ1) is 15.8. The number of nitrogens with zero attached hydrogens (tertiary/aromatic N) is 6. The molecule has 2 aliphatic rings. The zero-order chi connectivity index (χ0) is 17.3. The molecule has 0 radical (unpaired) electrons. The number of hydrogen-bond acceptors (Lipinski definition) is 5. The van der Waals surface area contributed by atoms with Crippen LogP contribution in [0, 0.1) is 0 Å². The lowest BCUT2D eigenvalue weighted by molar-refractivity contribution is 0.215. The molecular formula is C20H24N6. The summed E-state index contributed by atoms with van der Waals surface area (Å²) in [6, 6.07) is 10.8. The van der Waals surface area contributed by atoms with Crippen molar-refractivity contribution in [3.63, 3.8) is 0 Å². The fourth-order valence-electron chi connectivity index (χ4n) is 4.39. The van der Waals surface area contributed by atoms with Crippen molar-refractivity contribution in [2.24, 2.45) is 0 Å². The van der Waals surface area contributed by atoms with Crippen LogP contribution in [0.5, 0.6) is 0 Å². The summed E-state index contributed by atoms with van der Waals surface area (Å²) in [5.74, 6) is 1.03. The molecule has 6 nitrogen and oxygen atoms in total. The van der Waals surface area contributed by atoms with Crippen molar-refractivity contribution < 1.29 is 0 Å². The van der Waals surface area contributed by atoms with Crippen LogP contribution in [-0.4, -0.2) is 56.9 Å². The number of para-hydroxylation sites is 1. The van der Waals surface area contributed by atoms with Gasteiger partial charge in [0.2, 0.25) is 0 Å². The number of benzene rings is 1. The number of rotatable bonds is 3. The standard InChI is InChI=1S/C20H24N6/c1-2-7-16(8-3-1)26-20-18(13-23-26)19(21-15-22-20)25-12-6-9-17(14-25)24-10-4-5-11-24/h1-3,7-8,13,15,17H,4-6,9-12,14H2/t17-/m1/s1. The summed E-state index contributed by atoms with van der Waals surface area (Å²) in [6.07, 6.45) is 8.80. The van der Waals surface area contributed by atoms with Crippen LogP contribution >= 0.6 is 0 Å². The van der Waals surface area contributed by atoms with Gasteiger partial charge in [-0.3, -0.25) is 4.90 Å². The van der Waals surface area contributed by atoms with Gasteiger partial charge >= 0.3 is 0 Å². The van der Waals surface area contributed by atoms with E-state index in [4.69, 9.17) is 0 Å². The number of aromatic nitrogens is 4. The molecule has 3 aromatic rings. The van der Waals surface area contributed by atoms with E-state index in [-0.39, 0.29) is 0 Å². The molecule has 2 fully saturated rings. The molecule has 2 saturated heterocycles. The van der Waals surface area contributed by atoms with Crippen molar-refractivity contribution in [1.82, 2.24) is 24.6 Å². The predicted molar refractivity (Wildman–Crippen MR) is 103 cm³/mol. The first-order valence-electron chi connectivity index (χ1n) is 9.63. The Kier molecular flexibility index (Phi) is 4.05. The zero-order valence-electron chi connectivity index (χ0n) is 15.0. The van der Waals surface area contributed by atoms with Gasteiger partial charge in [0.25, 0.3) is 0 Å². The van der Waals surface area contributed by atoms with Crippen LogP contribution in [0.15, 0.2) is 42.9 Å². The first-order chi connectivity index (χ1) is 12.9. The molecule has 6 heteroatoms. The molecule has 1 aromatic carbocycles. The fourth-order valence-corrected chi connectivity index (χ4v) is 4.39. The van der Waals surface area contributed by atoms with E-state index in [1.165, 1.54) is 38.8 Å². The molecule has 0 bridgehead atoms. The molecule has 4 heterocycles. The Morgan fingerprint density at radius 1 is 0.923 bits per heavy atom. The lowest BCUT2D eigenvalue weighted by atomic mass is 10.0. The van der Waals surface area contributed by atoms with E-state index in [9.17, 15) is 0 Å². The lowest BCUT2D eigenvalue weighted by Crippen LogP contribution is -2.47. The Balaban J connectivity index is 1.48. The highest BCUT2D eigenvalue weighted by molar-refractivity contribution is 5.87. The van der Waals surface area contributed by atoms with Crippen LogP contribution in [0.3, 0.4) is 0 Å². The summed E-state index contributed by atoms with van der Waals surface area (Å²) in [4.78, 5) is 14.3. The van der Waals surface area contributed by atoms with Gasteiger partial charge in [-0.1, -0.05) is 18.2 Å². The van der Waals surface area contributed by atoms with Crippen LogP contribution in [0.1, 0.15) is 25.7 Å². The number of fused-ring (bicyclic) bond motifs is 1. The highest BCUT2D eigenvalue weighted by Crippen LogP contribution is 2.28. The summed E-state index contributed by atoms with van der Waals surface area (Å²) in [6.45, 7) is 4.63. The van der Waals surface area contributed by atoms with Crippen molar-refractivity contribution in [2.75, 3.05) is 31.1 Å². The van der Waals surface area contributed by atoms with E-state index in [0.29, 0.717) is 6.04 Å². The second-order valence-electron chi connectivity index (χ2n) is 7.31. The van der Waals surface area contributed by atoms with E-state index in [1.807, 2.05) is 29.1 Å². The maximum Gasteiger partial charge on any atom is 0.168 e. The van der Waals surface area contributed by atoms with Crippen molar-refractivity contribution in [1.29, 1.82) is 0 Å². The molecule has 26 heavy (non-hydrogen) atoms. The van der Waals surface area contributed by atoms with Crippen LogP contribution in [0.4, 0.5) is 5.82 Å². The fraction of sp³-hybridized carbons (Fsp3) is 0.450. The predicted octanol–water partition coefficient (Wildman–Crippen LogP) is 2.88. The molecule has 5 rings (SSSR count). The van der Waals surface area contributed by atoms with Gasteiger partial charge in [-0.2, -0.15) is 5.10 Å². The Morgan fingerprint density at radius 2 is 1.77 bits per heavy atom. The Morgan fingerprint density at radius 3 is 2.62 bits per heavy atom. The number of hydrogen-bond donors (Lipinski definition) is 0. The summed E-state index contributed by atoms with van der Waals surface area (Å²) < 4.78 is 1.91. The van der Waals surface area contributed by atoms with Crippen LogP contribution < -0.4 is 4.90 Å². The highest BCUT2D eigenvalue weighted by Gasteiger charge is 2.28. The van der Waals surface area contributed by atoms with E-state index < -0.39 is 0 Å². The minimum Gasteiger partial charge on any atom is -0.354 e. The van der Waals surface area contributed by atoms with Gasteiger partial charge in [-0.25, -0.2) is 14.6 Å². The maximum atomic E-state index is 4.64. The van der Waals surface area contributed by atoms with Crippen LogP contribution in [0.2, 0.25) is 0 Å². The van der Waals surface area contributed by atoms with Crippen LogP contribution in [0.25, 0.3) is 16.7 Å². The number of piperidine rings is 1. The molecule has 134 valence electrons. The monoisotopic (exact) mass is 348 g/mol. The summed E-state index contributed by atoms with van der Waals surface area (Å²) in [5.41, 5.74) is 1.91. The quantitative estimate of drug-likeness (QED) is 0.728. The Hall–Kier alpha value is -2.47. The molecule has 0 N–H and O–H groups in total. The highest BCUT2D eigenvalue weighted by atomic mass is 15.3. The molecule has 0 saturated carbocycles. The van der Waals surface area contributed by atoms with E-state index in [1.54, 1.807) is 6.33 Å². The number of anilines is 1.